The molecule has 1 aliphatic rings. The van der Waals surface area contributed by atoms with E-state index in [0.717, 1.165) is 18.4 Å². The summed E-state index contributed by atoms with van der Waals surface area (Å²) in [6, 6.07) is 20.7. The monoisotopic (exact) mass is 268 g/mol. The van der Waals surface area contributed by atoms with Gasteiger partial charge < -0.3 is 9.47 Å². The van der Waals surface area contributed by atoms with E-state index < -0.39 is 0 Å². The average molecular weight is 268 g/mol. The summed E-state index contributed by atoms with van der Waals surface area (Å²) in [6.45, 7) is 2.79. The minimum atomic E-state index is -0.225. The molecule has 104 valence electrons. The summed E-state index contributed by atoms with van der Waals surface area (Å²) < 4.78 is 12.0. The SMILES string of the molecule is CC1(CCc2ccccc2)COC(c2ccccc2)O1. The predicted octanol–water partition coefficient (Wildman–Crippen LogP) is 4.12. The Morgan fingerprint density at radius 3 is 2.35 bits per heavy atom. The highest BCUT2D eigenvalue weighted by molar-refractivity contribution is 5.18. The van der Waals surface area contributed by atoms with E-state index in [4.69, 9.17) is 9.47 Å². The van der Waals surface area contributed by atoms with E-state index in [1.807, 2.05) is 36.4 Å². The van der Waals surface area contributed by atoms with Crippen LogP contribution in [-0.4, -0.2) is 12.2 Å². The quantitative estimate of drug-likeness (QED) is 0.830. The number of aryl methyl sites for hydroxylation is 1. The van der Waals surface area contributed by atoms with E-state index in [0.29, 0.717) is 6.61 Å². The van der Waals surface area contributed by atoms with Crippen LogP contribution in [0.5, 0.6) is 0 Å². The first-order valence-corrected chi connectivity index (χ1v) is 7.13. The third kappa shape index (κ3) is 3.09. The number of ether oxygens (including phenoxy) is 2. The highest BCUT2D eigenvalue weighted by atomic mass is 16.7. The Morgan fingerprint density at radius 2 is 1.65 bits per heavy atom. The van der Waals surface area contributed by atoms with Gasteiger partial charge in [-0.1, -0.05) is 60.7 Å². The van der Waals surface area contributed by atoms with E-state index in [-0.39, 0.29) is 11.9 Å². The molecule has 0 saturated carbocycles. The molecule has 0 aliphatic carbocycles. The van der Waals surface area contributed by atoms with Gasteiger partial charge in [0, 0.05) is 5.56 Å². The Morgan fingerprint density at radius 1 is 1.00 bits per heavy atom. The molecule has 0 spiro atoms. The molecular formula is C18H20O2. The molecule has 1 heterocycles. The van der Waals surface area contributed by atoms with Crippen LogP contribution in [0.15, 0.2) is 60.7 Å². The van der Waals surface area contributed by atoms with Gasteiger partial charge in [-0.2, -0.15) is 0 Å². The standard InChI is InChI=1S/C18H20O2/c1-18(13-12-15-8-4-2-5-9-15)14-19-17(20-18)16-10-6-3-7-11-16/h2-11,17H,12-14H2,1H3. The topological polar surface area (TPSA) is 18.5 Å². The molecule has 2 unspecified atom stereocenters. The number of hydrogen-bond donors (Lipinski definition) is 0. The second-order valence-electron chi connectivity index (χ2n) is 5.61. The minimum absolute atomic E-state index is 0.198. The number of rotatable bonds is 4. The molecule has 2 aromatic carbocycles. The summed E-state index contributed by atoms with van der Waals surface area (Å²) >= 11 is 0. The van der Waals surface area contributed by atoms with E-state index in [1.165, 1.54) is 5.56 Å². The van der Waals surface area contributed by atoms with E-state index in [9.17, 15) is 0 Å². The van der Waals surface area contributed by atoms with Crippen molar-refractivity contribution in [3.05, 3.63) is 71.8 Å². The molecule has 0 bridgehead atoms. The van der Waals surface area contributed by atoms with Crippen molar-refractivity contribution in [2.45, 2.75) is 31.7 Å². The fourth-order valence-electron chi connectivity index (χ4n) is 2.54. The second kappa shape index (κ2) is 5.78. The summed E-state index contributed by atoms with van der Waals surface area (Å²) in [4.78, 5) is 0. The first-order valence-electron chi connectivity index (χ1n) is 7.13. The van der Waals surface area contributed by atoms with E-state index >= 15 is 0 Å². The van der Waals surface area contributed by atoms with Gasteiger partial charge in [-0.3, -0.25) is 0 Å². The van der Waals surface area contributed by atoms with Gasteiger partial charge in [-0.15, -0.1) is 0 Å². The van der Waals surface area contributed by atoms with Gasteiger partial charge in [0.2, 0.25) is 0 Å². The Kier molecular flexibility index (Phi) is 3.86. The number of hydrogen-bond acceptors (Lipinski definition) is 2. The van der Waals surface area contributed by atoms with Crippen LogP contribution in [0.1, 0.15) is 30.8 Å². The van der Waals surface area contributed by atoms with Gasteiger partial charge >= 0.3 is 0 Å². The van der Waals surface area contributed by atoms with Gasteiger partial charge in [0.25, 0.3) is 0 Å². The van der Waals surface area contributed by atoms with Gasteiger partial charge in [0.05, 0.1) is 12.2 Å². The summed E-state index contributed by atoms with van der Waals surface area (Å²) in [7, 11) is 0. The van der Waals surface area contributed by atoms with Crippen molar-refractivity contribution < 1.29 is 9.47 Å². The fraction of sp³-hybridized carbons (Fsp3) is 0.333. The Labute approximate surface area is 120 Å². The summed E-state index contributed by atoms with van der Waals surface area (Å²) in [5, 5.41) is 0. The average Bonchev–Trinajstić information content (AvgIpc) is 2.90. The van der Waals surface area contributed by atoms with Crippen molar-refractivity contribution >= 4 is 0 Å². The molecule has 1 aliphatic heterocycles. The molecule has 0 radical (unpaired) electrons. The van der Waals surface area contributed by atoms with Crippen LogP contribution < -0.4 is 0 Å². The molecular weight excluding hydrogens is 248 g/mol. The summed E-state index contributed by atoms with van der Waals surface area (Å²) in [6.07, 6.45) is 1.76. The predicted molar refractivity (Wildman–Crippen MR) is 79.4 cm³/mol. The molecule has 0 aromatic heterocycles. The normalized spacial score (nSPS) is 25.8. The lowest BCUT2D eigenvalue weighted by Crippen LogP contribution is -2.27. The second-order valence-corrected chi connectivity index (χ2v) is 5.61. The molecule has 1 saturated heterocycles. The lowest BCUT2D eigenvalue weighted by molar-refractivity contribution is -0.0886. The maximum Gasteiger partial charge on any atom is 0.184 e. The van der Waals surface area contributed by atoms with Crippen molar-refractivity contribution in [3.8, 4) is 0 Å². The van der Waals surface area contributed by atoms with Crippen molar-refractivity contribution in [1.82, 2.24) is 0 Å². The highest BCUT2D eigenvalue weighted by Gasteiger charge is 2.37. The van der Waals surface area contributed by atoms with Crippen LogP contribution in [0, 0.1) is 0 Å². The van der Waals surface area contributed by atoms with Crippen LogP contribution in [-0.2, 0) is 15.9 Å². The smallest absolute Gasteiger partial charge is 0.184 e. The molecule has 1 fully saturated rings. The van der Waals surface area contributed by atoms with E-state index in [2.05, 4.69) is 31.2 Å². The van der Waals surface area contributed by atoms with Gasteiger partial charge in [-0.25, -0.2) is 0 Å². The maximum absolute atomic E-state index is 6.13. The van der Waals surface area contributed by atoms with Crippen molar-refractivity contribution in [1.29, 1.82) is 0 Å². The Bertz CT molecular complexity index is 538. The molecule has 2 atom stereocenters. The van der Waals surface area contributed by atoms with Gasteiger partial charge in [0.1, 0.15) is 0 Å². The molecule has 3 rings (SSSR count). The lowest BCUT2D eigenvalue weighted by Gasteiger charge is -2.22. The van der Waals surface area contributed by atoms with Crippen LogP contribution >= 0.6 is 0 Å². The van der Waals surface area contributed by atoms with Crippen molar-refractivity contribution in [2.75, 3.05) is 6.61 Å². The zero-order valence-corrected chi connectivity index (χ0v) is 11.8. The summed E-state index contributed by atoms with van der Waals surface area (Å²) in [5.74, 6) is 0. The van der Waals surface area contributed by atoms with Crippen LogP contribution in [0.2, 0.25) is 0 Å². The van der Waals surface area contributed by atoms with Crippen molar-refractivity contribution in [3.63, 3.8) is 0 Å². The van der Waals surface area contributed by atoms with Crippen LogP contribution in [0.3, 0.4) is 0 Å². The molecule has 0 N–H and O–H groups in total. The largest absolute Gasteiger partial charge is 0.345 e. The molecule has 2 nitrogen and oxygen atoms in total. The molecule has 20 heavy (non-hydrogen) atoms. The zero-order valence-electron chi connectivity index (χ0n) is 11.8. The van der Waals surface area contributed by atoms with Gasteiger partial charge in [-0.05, 0) is 25.3 Å². The van der Waals surface area contributed by atoms with Crippen LogP contribution in [0.4, 0.5) is 0 Å². The highest BCUT2D eigenvalue weighted by Crippen LogP contribution is 2.35. The Balaban J connectivity index is 1.61. The molecule has 0 amide bonds. The maximum atomic E-state index is 6.13. The lowest BCUT2D eigenvalue weighted by atomic mass is 9.98. The number of benzene rings is 2. The zero-order chi connectivity index (χ0) is 13.8. The van der Waals surface area contributed by atoms with Gasteiger partial charge in [0.15, 0.2) is 6.29 Å². The first-order chi connectivity index (χ1) is 9.75. The third-order valence-electron chi connectivity index (χ3n) is 3.79. The Hall–Kier alpha value is -1.64. The summed E-state index contributed by atoms with van der Waals surface area (Å²) in [5.41, 5.74) is 2.24. The molecule has 2 aromatic rings. The van der Waals surface area contributed by atoms with Crippen LogP contribution in [0.25, 0.3) is 0 Å². The molecule has 2 heteroatoms. The first kappa shape index (κ1) is 13.3. The van der Waals surface area contributed by atoms with Crippen molar-refractivity contribution in [2.24, 2.45) is 0 Å². The van der Waals surface area contributed by atoms with E-state index in [1.54, 1.807) is 0 Å². The fourth-order valence-corrected chi connectivity index (χ4v) is 2.54. The minimum Gasteiger partial charge on any atom is -0.345 e. The third-order valence-corrected chi connectivity index (χ3v) is 3.79.